The maximum absolute atomic E-state index is 10.8. The van der Waals surface area contributed by atoms with Gasteiger partial charge >= 0.3 is 18.0 Å². The number of carboxylic acid groups (broad SMARTS) is 1. The van der Waals surface area contributed by atoms with Crippen molar-refractivity contribution < 1.29 is 24.2 Å². The van der Waals surface area contributed by atoms with Crippen LogP contribution in [0.3, 0.4) is 0 Å². The predicted octanol–water partition coefficient (Wildman–Crippen LogP) is 0.590. The van der Waals surface area contributed by atoms with E-state index in [0.717, 1.165) is 18.0 Å². The van der Waals surface area contributed by atoms with Crippen molar-refractivity contribution in [2.75, 3.05) is 6.54 Å². The normalized spacial score (nSPS) is 8.93. The Morgan fingerprint density at radius 2 is 2.07 bits per heavy atom. The molecule has 0 aliphatic carbocycles. The molecule has 14 heavy (non-hydrogen) atoms. The lowest BCUT2D eigenvalue weighted by atomic mass is 10.4. The van der Waals surface area contributed by atoms with E-state index in [1.165, 1.54) is 0 Å². The van der Waals surface area contributed by atoms with Gasteiger partial charge in [0.15, 0.2) is 0 Å². The van der Waals surface area contributed by atoms with Crippen LogP contribution in [0.5, 0.6) is 0 Å². The third-order valence-electron chi connectivity index (χ3n) is 1.28. The van der Waals surface area contributed by atoms with E-state index in [-0.39, 0.29) is 13.0 Å². The van der Waals surface area contributed by atoms with Gasteiger partial charge < -0.3 is 9.84 Å². The first kappa shape index (κ1) is 12.2. The lowest BCUT2D eigenvalue weighted by Gasteiger charge is -2.11. The van der Waals surface area contributed by atoms with Crippen molar-refractivity contribution in [2.24, 2.45) is 0 Å². The molecular weight excluding hydrogens is 190 g/mol. The van der Waals surface area contributed by atoms with Gasteiger partial charge in [-0.1, -0.05) is 6.58 Å². The number of hydrogen-bond acceptors (Lipinski definition) is 4. The summed E-state index contributed by atoms with van der Waals surface area (Å²) in [5.74, 6) is -1.47. The fourth-order valence-corrected chi connectivity index (χ4v) is 0.688. The molecular formula is C8H11NO5. The summed E-state index contributed by atoms with van der Waals surface area (Å²) in [5.41, 5.74) is 0. The first-order valence-electron chi connectivity index (χ1n) is 3.80. The number of hydrogen-bond donors (Lipinski definition) is 1. The van der Waals surface area contributed by atoms with Crippen LogP contribution in [0, 0.1) is 0 Å². The fraction of sp³-hybridized carbons (Fsp3) is 0.375. The molecule has 1 N–H and O–H groups in total. The Hall–Kier alpha value is -1.85. The summed E-state index contributed by atoms with van der Waals surface area (Å²) >= 11 is 0. The highest BCUT2D eigenvalue weighted by Crippen LogP contribution is 1.95. The largest absolute Gasteiger partial charge is 0.465 e. The number of nitrogens with zero attached hydrogens (tertiary/aromatic N) is 1. The fourth-order valence-electron chi connectivity index (χ4n) is 0.688. The van der Waals surface area contributed by atoms with Gasteiger partial charge in [0.05, 0.1) is 6.42 Å². The standard InChI is InChI=1S/C8H11NO5/c1-3-9(8(12)13)5-4-7(11)14-6(2)10/h3H,1,4-5H2,2H3,(H,12,13). The summed E-state index contributed by atoms with van der Waals surface area (Å²) < 4.78 is 4.19. The highest BCUT2D eigenvalue weighted by atomic mass is 16.6. The molecule has 6 nitrogen and oxygen atoms in total. The monoisotopic (exact) mass is 201 g/mol. The van der Waals surface area contributed by atoms with Crippen molar-refractivity contribution in [3.8, 4) is 0 Å². The van der Waals surface area contributed by atoms with Crippen LogP contribution in [0.25, 0.3) is 0 Å². The SMILES string of the molecule is C=CN(CCC(=O)OC(C)=O)C(=O)O. The van der Waals surface area contributed by atoms with Crippen molar-refractivity contribution in [3.05, 3.63) is 12.8 Å². The molecule has 0 aliphatic heterocycles. The van der Waals surface area contributed by atoms with Crippen molar-refractivity contribution >= 4 is 18.0 Å². The lowest BCUT2D eigenvalue weighted by molar-refractivity contribution is -0.158. The highest BCUT2D eigenvalue weighted by molar-refractivity contribution is 5.84. The third-order valence-corrected chi connectivity index (χ3v) is 1.28. The second-order valence-corrected chi connectivity index (χ2v) is 2.37. The second-order valence-electron chi connectivity index (χ2n) is 2.37. The summed E-state index contributed by atoms with van der Waals surface area (Å²) in [6, 6.07) is 0. The van der Waals surface area contributed by atoms with Crippen molar-refractivity contribution in [1.82, 2.24) is 4.90 Å². The van der Waals surface area contributed by atoms with E-state index >= 15 is 0 Å². The molecule has 0 radical (unpaired) electrons. The van der Waals surface area contributed by atoms with Crippen LogP contribution in [0.1, 0.15) is 13.3 Å². The van der Waals surface area contributed by atoms with Crippen molar-refractivity contribution in [3.63, 3.8) is 0 Å². The molecule has 0 aromatic heterocycles. The molecule has 0 aromatic carbocycles. The average Bonchev–Trinajstić information content (AvgIpc) is 2.03. The number of carbonyl (C=O) groups is 3. The Kier molecular flexibility index (Phi) is 4.98. The molecule has 1 amide bonds. The Bertz CT molecular complexity index is 260. The molecule has 0 unspecified atom stereocenters. The van der Waals surface area contributed by atoms with Crippen LogP contribution in [0.15, 0.2) is 12.8 Å². The molecule has 0 aliphatic rings. The molecule has 6 heteroatoms. The summed E-state index contributed by atoms with van der Waals surface area (Å²) in [7, 11) is 0. The Morgan fingerprint density at radius 1 is 1.50 bits per heavy atom. The summed E-state index contributed by atoms with van der Waals surface area (Å²) in [4.78, 5) is 32.3. The van der Waals surface area contributed by atoms with Gasteiger partial charge in [0.25, 0.3) is 0 Å². The summed E-state index contributed by atoms with van der Waals surface area (Å²) in [6.07, 6.45) is -0.322. The van der Waals surface area contributed by atoms with Gasteiger partial charge in [-0.25, -0.2) is 4.79 Å². The first-order chi connectivity index (χ1) is 6.47. The van der Waals surface area contributed by atoms with E-state index in [1.807, 2.05) is 0 Å². The Balaban J connectivity index is 3.91. The van der Waals surface area contributed by atoms with E-state index in [0.29, 0.717) is 0 Å². The minimum Gasteiger partial charge on any atom is -0.465 e. The van der Waals surface area contributed by atoms with Crippen molar-refractivity contribution in [2.45, 2.75) is 13.3 Å². The van der Waals surface area contributed by atoms with Crippen LogP contribution < -0.4 is 0 Å². The smallest absolute Gasteiger partial charge is 0.411 e. The maximum Gasteiger partial charge on any atom is 0.411 e. The lowest BCUT2D eigenvalue weighted by Crippen LogP contribution is -2.26. The van der Waals surface area contributed by atoms with Gasteiger partial charge in [-0.3, -0.25) is 14.5 Å². The minimum atomic E-state index is -1.21. The molecule has 0 saturated carbocycles. The van der Waals surface area contributed by atoms with E-state index in [4.69, 9.17) is 5.11 Å². The van der Waals surface area contributed by atoms with Crippen LogP contribution in [-0.2, 0) is 14.3 Å². The quantitative estimate of drug-likeness (QED) is 0.531. The molecule has 0 atom stereocenters. The number of carbonyl (C=O) groups excluding carboxylic acids is 2. The summed E-state index contributed by atoms with van der Waals surface area (Å²) in [5, 5.41) is 8.50. The van der Waals surface area contributed by atoms with Gasteiger partial charge in [0.1, 0.15) is 0 Å². The molecule has 0 rings (SSSR count). The van der Waals surface area contributed by atoms with Crippen LogP contribution in [0.4, 0.5) is 4.79 Å². The Morgan fingerprint density at radius 3 is 2.43 bits per heavy atom. The molecule has 0 heterocycles. The predicted molar refractivity (Wildman–Crippen MR) is 46.3 cm³/mol. The maximum atomic E-state index is 10.8. The van der Waals surface area contributed by atoms with E-state index in [9.17, 15) is 14.4 Å². The van der Waals surface area contributed by atoms with Gasteiger partial charge in [-0.05, 0) is 0 Å². The van der Waals surface area contributed by atoms with E-state index in [1.54, 1.807) is 0 Å². The van der Waals surface area contributed by atoms with Crippen LogP contribution in [0.2, 0.25) is 0 Å². The molecule has 0 bridgehead atoms. The molecule has 0 fully saturated rings. The number of amides is 1. The van der Waals surface area contributed by atoms with Gasteiger partial charge in [0, 0.05) is 19.7 Å². The zero-order valence-electron chi connectivity index (χ0n) is 7.73. The highest BCUT2D eigenvalue weighted by Gasteiger charge is 2.11. The van der Waals surface area contributed by atoms with E-state index < -0.39 is 18.0 Å². The molecule has 0 spiro atoms. The van der Waals surface area contributed by atoms with Gasteiger partial charge in [0.2, 0.25) is 0 Å². The third kappa shape index (κ3) is 4.91. The molecule has 0 saturated heterocycles. The number of ether oxygens (including phenoxy) is 1. The number of rotatable bonds is 4. The molecule has 78 valence electrons. The first-order valence-corrected chi connectivity index (χ1v) is 3.80. The second kappa shape index (κ2) is 5.74. The average molecular weight is 201 g/mol. The zero-order chi connectivity index (χ0) is 11.1. The minimum absolute atomic E-state index is 0.0784. The van der Waals surface area contributed by atoms with Crippen molar-refractivity contribution in [1.29, 1.82) is 0 Å². The van der Waals surface area contributed by atoms with Gasteiger partial charge in [-0.2, -0.15) is 0 Å². The topological polar surface area (TPSA) is 83.9 Å². The Labute approximate surface area is 80.8 Å². The van der Waals surface area contributed by atoms with Crippen LogP contribution in [-0.4, -0.2) is 34.6 Å². The summed E-state index contributed by atoms with van der Waals surface area (Å²) in [6.45, 7) is 4.27. The molecule has 0 aromatic rings. The van der Waals surface area contributed by atoms with E-state index in [2.05, 4.69) is 11.3 Å². The number of esters is 2. The zero-order valence-corrected chi connectivity index (χ0v) is 7.73. The van der Waals surface area contributed by atoms with Gasteiger partial charge in [-0.15, -0.1) is 0 Å². The van der Waals surface area contributed by atoms with Crippen LogP contribution >= 0.6 is 0 Å².